The molecule has 0 bridgehead atoms. The van der Waals surface area contributed by atoms with Crippen molar-refractivity contribution in [3.8, 4) is 50.8 Å². The van der Waals surface area contributed by atoms with E-state index in [1.54, 1.807) is 0 Å². The van der Waals surface area contributed by atoms with E-state index >= 15 is 0 Å². The summed E-state index contributed by atoms with van der Waals surface area (Å²) in [4.78, 5) is 16.2. The Morgan fingerprint density at radius 3 is 0.967 bits per heavy atom. The minimum atomic E-state index is 0.0552. The number of pyridine rings is 3. The highest BCUT2D eigenvalue weighted by molar-refractivity contribution is 6.28. The SMILES string of the molecule is CC(C)(C)c1ccc2c(c1)c1cc(C(C)(C)C)ccc1c1nc(-c3cccc(-n4c5ccccc5c5ccccc54)c3)ccc21.Cc1cc2c3ccccc3c3ccccc3c2nc1-c1ccccc1-n1c2ccccc2c2ccccc21.Cc1ccc2c(c1)c1cc(C)ccc1c1nc(-c3cccc(-n4c5ccccc5c5ccccc54)c3)ccc21. The van der Waals surface area contributed by atoms with Crippen molar-refractivity contribution in [2.75, 3.05) is 0 Å². The van der Waals surface area contributed by atoms with Crippen LogP contribution in [0.1, 0.15) is 69.4 Å². The van der Waals surface area contributed by atoms with Crippen molar-refractivity contribution in [3.63, 3.8) is 0 Å². The minimum Gasteiger partial charge on any atom is -0.309 e. The third-order valence-corrected chi connectivity index (χ3v) is 25.4. The highest BCUT2D eigenvalue weighted by Gasteiger charge is 2.25. The fraction of sp³-hybridized carbons (Fsp3) is 0.0948. The molecule has 0 N–H and O–H groups in total. The van der Waals surface area contributed by atoms with Crippen LogP contribution < -0.4 is 0 Å². The largest absolute Gasteiger partial charge is 0.309 e. The van der Waals surface area contributed by atoms with E-state index in [4.69, 9.17) is 15.0 Å². The molecule has 0 aliphatic carbocycles. The smallest absolute Gasteiger partial charge is 0.0794 e. The van der Waals surface area contributed by atoms with E-state index in [1.165, 1.54) is 174 Å². The lowest BCUT2D eigenvalue weighted by atomic mass is 9.82. The van der Waals surface area contributed by atoms with Gasteiger partial charge in [-0.05, 0) is 206 Å². The lowest BCUT2D eigenvalue weighted by Gasteiger charge is -2.22. The van der Waals surface area contributed by atoms with E-state index in [9.17, 15) is 0 Å². The van der Waals surface area contributed by atoms with Gasteiger partial charge in [0.25, 0.3) is 0 Å². The number of fused-ring (bicyclic) bond motifs is 27. The van der Waals surface area contributed by atoms with Crippen LogP contribution >= 0.6 is 0 Å². The Labute approximate surface area is 708 Å². The quantitative estimate of drug-likeness (QED) is 0.156. The van der Waals surface area contributed by atoms with Gasteiger partial charge in [0.15, 0.2) is 0 Å². The number of nitrogens with zero attached hydrogens (tertiary/aromatic N) is 6. The molecule has 0 saturated heterocycles. The first-order chi connectivity index (χ1) is 59.5. The summed E-state index contributed by atoms with van der Waals surface area (Å²) in [6.45, 7) is 20.3. The van der Waals surface area contributed by atoms with Crippen LogP contribution in [0, 0.1) is 20.8 Å². The molecule has 6 heterocycles. The Kier molecular flexibility index (Phi) is 17.3. The van der Waals surface area contributed by atoms with Gasteiger partial charge in [-0.15, -0.1) is 0 Å². The van der Waals surface area contributed by atoms with E-state index in [-0.39, 0.29) is 10.8 Å². The number of rotatable bonds is 6. The summed E-state index contributed by atoms with van der Waals surface area (Å²) in [7, 11) is 0. The van der Waals surface area contributed by atoms with Crippen LogP contribution in [0.15, 0.2) is 370 Å². The number of aromatic nitrogens is 6. The predicted octanol–water partition coefficient (Wildman–Crippen LogP) is 31.4. The van der Waals surface area contributed by atoms with Crippen molar-refractivity contribution in [2.45, 2.75) is 73.1 Å². The van der Waals surface area contributed by atoms with E-state index < -0.39 is 0 Å². The predicted molar refractivity (Wildman–Crippen MR) is 521 cm³/mol. The summed E-state index contributed by atoms with van der Waals surface area (Å²) >= 11 is 0. The average molecular weight is 1570 g/mol. The van der Waals surface area contributed by atoms with Gasteiger partial charge < -0.3 is 13.7 Å². The van der Waals surface area contributed by atoms with E-state index in [1.807, 2.05) is 0 Å². The molecule has 24 aromatic rings. The van der Waals surface area contributed by atoms with Crippen molar-refractivity contribution >= 4 is 163 Å². The van der Waals surface area contributed by atoms with Gasteiger partial charge >= 0.3 is 0 Å². The number of para-hydroxylation sites is 7. The van der Waals surface area contributed by atoms with Crippen molar-refractivity contribution < 1.29 is 0 Å². The molecule has 0 aliphatic heterocycles. The van der Waals surface area contributed by atoms with Gasteiger partial charge in [-0.25, -0.2) is 15.0 Å². The van der Waals surface area contributed by atoms with Gasteiger partial charge in [0, 0.05) is 92.7 Å². The molecular weight excluding hydrogens is 1480 g/mol. The molecule has 0 aliphatic rings. The first kappa shape index (κ1) is 73.5. The molecule has 0 fully saturated rings. The number of hydrogen-bond acceptors (Lipinski definition) is 3. The van der Waals surface area contributed by atoms with Crippen molar-refractivity contribution in [2.24, 2.45) is 0 Å². The highest BCUT2D eigenvalue weighted by Crippen LogP contribution is 2.46. The van der Waals surface area contributed by atoms with Gasteiger partial charge in [0.05, 0.1) is 72.4 Å². The Morgan fingerprint density at radius 2 is 0.516 bits per heavy atom. The van der Waals surface area contributed by atoms with Crippen molar-refractivity contribution in [1.29, 1.82) is 0 Å². The Bertz CT molecular complexity index is 8300. The van der Waals surface area contributed by atoms with Gasteiger partial charge in [-0.3, -0.25) is 0 Å². The lowest BCUT2D eigenvalue weighted by molar-refractivity contribution is 0.590. The zero-order valence-electron chi connectivity index (χ0n) is 69.9. The molecule has 0 amide bonds. The van der Waals surface area contributed by atoms with Gasteiger partial charge in [-0.1, -0.05) is 314 Å². The molecule has 122 heavy (non-hydrogen) atoms. The molecule has 0 atom stereocenters. The molecular formula is C116H88N6. The molecule has 6 aromatic heterocycles. The Balaban J connectivity index is 0.000000110. The average Bonchev–Trinajstić information content (AvgIpc) is 0.915. The second-order valence-corrected chi connectivity index (χ2v) is 35.2. The molecule has 0 radical (unpaired) electrons. The van der Waals surface area contributed by atoms with E-state index in [2.05, 4.69) is 446 Å². The zero-order valence-corrected chi connectivity index (χ0v) is 69.9. The molecule has 0 unspecified atom stereocenters. The fourth-order valence-corrected chi connectivity index (χ4v) is 19.4. The van der Waals surface area contributed by atoms with Crippen LogP contribution in [0.25, 0.3) is 214 Å². The lowest BCUT2D eigenvalue weighted by Crippen LogP contribution is -2.11. The Morgan fingerprint density at radius 1 is 0.213 bits per heavy atom. The van der Waals surface area contributed by atoms with Crippen LogP contribution in [0.5, 0.6) is 0 Å². The zero-order chi connectivity index (χ0) is 82.4. The molecule has 18 aromatic carbocycles. The summed E-state index contributed by atoms with van der Waals surface area (Å²) in [6.07, 6.45) is 0. The summed E-state index contributed by atoms with van der Waals surface area (Å²) in [5, 5.41) is 26.2. The highest BCUT2D eigenvalue weighted by atomic mass is 15.0. The van der Waals surface area contributed by atoms with Crippen LogP contribution in [0.2, 0.25) is 0 Å². The number of aryl methyl sites for hydroxylation is 3. The van der Waals surface area contributed by atoms with Crippen LogP contribution in [-0.2, 0) is 10.8 Å². The second kappa shape index (κ2) is 28.7. The first-order valence-electron chi connectivity index (χ1n) is 42.5. The topological polar surface area (TPSA) is 53.5 Å². The fourth-order valence-electron chi connectivity index (χ4n) is 19.4. The molecule has 582 valence electrons. The first-order valence-corrected chi connectivity index (χ1v) is 42.5. The minimum absolute atomic E-state index is 0.0552. The summed E-state index contributed by atoms with van der Waals surface area (Å²) < 4.78 is 7.13. The summed E-state index contributed by atoms with van der Waals surface area (Å²) in [5.74, 6) is 0. The molecule has 0 spiro atoms. The standard InChI is InChI=1S/C43H38N2.C37H26N2.C36H24N2/c1-42(2,3)28-18-20-31-34-22-23-38(44-41(34)35-21-19-29(43(4,5)6)26-37(35)36(31)25-28)27-12-11-13-30(24-27)45-39-16-9-7-14-32(39)33-15-8-10-17-40(33)45;1-23-14-16-27-30-18-19-34(38-37(30)31-17-15-24(2)21-33(31)32(27)20-23)25-8-7-9-26(22-25)39-35-12-5-3-10-28(35)29-11-4-6-13-36(29)39;1-23-22-31-26-14-3-2-12-24(26)25-13-4-5-17-29(25)36(31)37-35(23)30-18-8-11-21-34(30)38-32-19-9-6-15-27(32)28-16-7-10-20-33(28)38/h7-26H,1-6H3;3-22H,1-2H3;2-22H,1H3. The van der Waals surface area contributed by atoms with Gasteiger partial charge in [0.1, 0.15) is 0 Å². The Hall–Kier alpha value is -14.9. The summed E-state index contributed by atoms with van der Waals surface area (Å²) in [5.41, 5.74) is 26.7. The third kappa shape index (κ3) is 12.2. The molecule has 24 rings (SSSR count). The maximum atomic E-state index is 5.44. The maximum Gasteiger partial charge on any atom is 0.0794 e. The van der Waals surface area contributed by atoms with Crippen LogP contribution in [0.4, 0.5) is 0 Å². The molecule has 6 heteroatoms. The molecule has 0 saturated carbocycles. The second-order valence-electron chi connectivity index (χ2n) is 35.2. The summed E-state index contributed by atoms with van der Waals surface area (Å²) in [6, 6.07) is 134. The van der Waals surface area contributed by atoms with Crippen molar-refractivity contribution in [3.05, 3.63) is 398 Å². The molecule has 6 nitrogen and oxygen atoms in total. The van der Waals surface area contributed by atoms with E-state index in [0.717, 1.165) is 67.4 Å². The number of benzene rings is 18. The van der Waals surface area contributed by atoms with Gasteiger partial charge in [0.2, 0.25) is 0 Å². The van der Waals surface area contributed by atoms with Crippen molar-refractivity contribution in [1.82, 2.24) is 28.7 Å². The monoisotopic (exact) mass is 1560 g/mol. The third-order valence-electron chi connectivity index (χ3n) is 25.4. The maximum absolute atomic E-state index is 5.44. The normalized spacial score (nSPS) is 12.1. The van der Waals surface area contributed by atoms with E-state index in [0.29, 0.717) is 0 Å². The van der Waals surface area contributed by atoms with Crippen LogP contribution in [-0.4, -0.2) is 28.7 Å². The van der Waals surface area contributed by atoms with Crippen LogP contribution in [0.3, 0.4) is 0 Å². The number of hydrogen-bond donors (Lipinski definition) is 0. The van der Waals surface area contributed by atoms with Gasteiger partial charge in [-0.2, -0.15) is 0 Å².